The van der Waals surface area contributed by atoms with E-state index in [1.165, 1.54) is 16.9 Å². The van der Waals surface area contributed by atoms with Crippen LogP contribution in [0.1, 0.15) is 118 Å². The van der Waals surface area contributed by atoms with Crippen molar-refractivity contribution in [2.24, 2.45) is 0 Å². The van der Waals surface area contributed by atoms with Crippen molar-refractivity contribution in [3.05, 3.63) is 77.7 Å². The zero-order valence-corrected chi connectivity index (χ0v) is 36.1. The van der Waals surface area contributed by atoms with E-state index in [-0.39, 0.29) is 23.9 Å². The molecule has 0 aliphatic carbocycles. The van der Waals surface area contributed by atoms with Crippen molar-refractivity contribution < 1.29 is 19.2 Å². The normalized spacial score (nSPS) is 10.7. The topological polar surface area (TPSA) is 166 Å². The Kier molecular flexibility index (Phi) is 17.1. The van der Waals surface area contributed by atoms with E-state index in [4.69, 9.17) is 0 Å². The van der Waals surface area contributed by atoms with Gasteiger partial charge >= 0.3 is 12.1 Å². The second kappa shape index (κ2) is 20.9. The van der Waals surface area contributed by atoms with Crippen LogP contribution >= 0.6 is 38.6 Å². The van der Waals surface area contributed by atoms with Gasteiger partial charge in [-0.1, -0.05) is 81.4 Å². The quantitative estimate of drug-likeness (QED) is 0.0733. The molecule has 292 valence electrons. The van der Waals surface area contributed by atoms with E-state index in [9.17, 15) is 19.2 Å². The van der Waals surface area contributed by atoms with Crippen LogP contribution in [-0.2, 0) is 0 Å². The molecule has 2 aromatic heterocycles. The molecule has 0 bridgehead atoms. The van der Waals surface area contributed by atoms with E-state index in [2.05, 4.69) is 91.6 Å². The van der Waals surface area contributed by atoms with Gasteiger partial charge in [0, 0.05) is 23.2 Å². The molecule has 0 fully saturated rings. The number of hydrogen-bond acceptors (Lipinski definition) is 8. The Morgan fingerprint density at radius 2 is 1.17 bits per heavy atom. The molecule has 0 aliphatic heterocycles. The van der Waals surface area contributed by atoms with Crippen molar-refractivity contribution in [3.8, 4) is 0 Å². The minimum atomic E-state index is -0.309. The van der Waals surface area contributed by atoms with Crippen LogP contribution < -0.4 is 31.9 Å². The third kappa shape index (κ3) is 12.6. The SMILES string of the molecule is CCCCNC(=O)Nc1nc(C)c(C(=O)Nc2c(C)cc(C)cc2Br)s1.CCCCNC(=O)Nc1nc(C)c(C(=O)Nc2c(C)ccc(C(C)C)c2C)s1. The number of urea groups is 2. The lowest BCUT2D eigenvalue weighted by atomic mass is 9.94. The number of amides is 6. The summed E-state index contributed by atoms with van der Waals surface area (Å²) in [5.41, 5.74) is 8.16. The highest BCUT2D eigenvalue weighted by Gasteiger charge is 2.20. The van der Waals surface area contributed by atoms with Gasteiger partial charge in [-0.3, -0.25) is 20.2 Å². The Morgan fingerprint density at radius 3 is 1.61 bits per heavy atom. The maximum atomic E-state index is 12.9. The number of benzene rings is 2. The first-order valence-electron chi connectivity index (χ1n) is 18.1. The fourth-order valence-electron chi connectivity index (χ4n) is 5.46. The van der Waals surface area contributed by atoms with Gasteiger partial charge in [-0.2, -0.15) is 0 Å². The van der Waals surface area contributed by atoms with Gasteiger partial charge in [0.2, 0.25) is 0 Å². The molecule has 6 amide bonds. The number of unbranched alkanes of at least 4 members (excludes halogenated alkanes) is 2. The molecule has 0 aliphatic rings. The number of rotatable bonds is 13. The number of halogens is 1. The zero-order valence-electron chi connectivity index (χ0n) is 32.9. The molecular formula is C39H53BrN8O4S2. The van der Waals surface area contributed by atoms with Crippen molar-refractivity contribution in [2.45, 2.75) is 101 Å². The largest absolute Gasteiger partial charge is 0.338 e. The third-order valence-electron chi connectivity index (χ3n) is 8.32. The first-order chi connectivity index (χ1) is 25.6. The van der Waals surface area contributed by atoms with Crippen LogP contribution in [0.25, 0.3) is 0 Å². The molecule has 54 heavy (non-hydrogen) atoms. The molecule has 2 aromatic carbocycles. The van der Waals surface area contributed by atoms with Crippen LogP contribution in [0.4, 0.5) is 31.2 Å². The Bertz CT molecular complexity index is 1930. The van der Waals surface area contributed by atoms with Gasteiger partial charge in [-0.25, -0.2) is 19.6 Å². The molecule has 0 spiro atoms. The van der Waals surface area contributed by atoms with E-state index in [1.807, 2.05) is 45.9 Å². The van der Waals surface area contributed by atoms with E-state index in [1.54, 1.807) is 13.8 Å². The van der Waals surface area contributed by atoms with Gasteiger partial charge in [0.15, 0.2) is 10.3 Å². The molecule has 0 saturated carbocycles. The smallest absolute Gasteiger partial charge is 0.321 e. The summed E-state index contributed by atoms with van der Waals surface area (Å²) in [6.45, 7) is 21.1. The van der Waals surface area contributed by atoms with Gasteiger partial charge in [-0.05, 0) is 110 Å². The Hall–Kier alpha value is -4.34. The highest BCUT2D eigenvalue weighted by Crippen LogP contribution is 2.32. The summed E-state index contributed by atoms with van der Waals surface area (Å²) in [5, 5.41) is 17.7. The summed E-state index contributed by atoms with van der Waals surface area (Å²) in [5.74, 6) is -0.0722. The lowest BCUT2D eigenvalue weighted by Gasteiger charge is -2.17. The molecule has 4 rings (SSSR count). The second-order valence-electron chi connectivity index (χ2n) is 13.3. The fourth-order valence-corrected chi connectivity index (χ4v) is 7.94. The van der Waals surface area contributed by atoms with E-state index < -0.39 is 0 Å². The Balaban J connectivity index is 0.000000291. The molecule has 4 aromatic rings. The molecular weight excluding hydrogens is 789 g/mol. The molecule has 6 N–H and O–H groups in total. The van der Waals surface area contributed by atoms with Crippen LogP contribution in [0.5, 0.6) is 0 Å². The molecule has 0 radical (unpaired) electrons. The summed E-state index contributed by atoms with van der Waals surface area (Å²) in [7, 11) is 0. The van der Waals surface area contributed by atoms with Crippen molar-refractivity contribution in [3.63, 3.8) is 0 Å². The average molecular weight is 842 g/mol. The second-order valence-corrected chi connectivity index (χ2v) is 16.2. The molecule has 0 unspecified atom stereocenters. The third-order valence-corrected chi connectivity index (χ3v) is 11.1. The zero-order chi connectivity index (χ0) is 40.1. The number of aryl methyl sites for hydroxylation is 5. The van der Waals surface area contributed by atoms with E-state index in [0.717, 1.165) is 75.1 Å². The number of thiazole rings is 2. The maximum Gasteiger partial charge on any atom is 0.321 e. The number of aromatic nitrogens is 2. The summed E-state index contributed by atoms with van der Waals surface area (Å²) in [4.78, 5) is 58.8. The standard InChI is InChI=1S/C21H30N4O2S.C18H23BrN4O2S/c1-7-8-11-22-20(27)25-21-23-15(6)18(28-21)19(26)24-17-13(4)9-10-16(12(2)3)14(17)5;1-5-6-7-20-17(25)23-18-21-12(4)15(26-18)16(24)22-14-11(3)8-10(2)9-13(14)19/h9-10,12H,7-8,11H2,1-6H3,(H,24,26)(H2,22,23,25,27);8-9H,5-7H2,1-4H3,(H,22,24)(H2,20,21,23,25). The molecule has 2 heterocycles. The van der Waals surface area contributed by atoms with Gasteiger partial charge in [-0.15, -0.1) is 0 Å². The molecule has 15 heteroatoms. The highest BCUT2D eigenvalue weighted by atomic mass is 79.9. The number of hydrogen-bond donors (Lipinski definition) is 6. The van der Waals surface area contributed by atoms with Gasteiger partial charge in [0.25, 0.3) is 11.8 Å². The number of anilines is 4. The van der Waals surface area contributed by atoms with Crippen LogP contribution in [0.3, 0.4) is 0 Å². The average Bonchev–Trinajstić information content (AvgIpc) is 3.65. The number of nitrogens with one attached hydrogen (secondary N) is 6. The fraction of sp³-hybridized carbons (Fsp3) is 0.436. The summed E-state index contributed by atoms with van der Waals surface area (Å²) >= 11 is 5.83. The predicted octanol–water partition coefficient (Wildman–Crippen LogP) is 10.4. The van der Waals surface area contributed by atoms with Crippen LogP contribution in [0, 0.1) is 41.5 Å². The van der Waals surface area contributed by atoms with Crippen LogP contribution in [-0.4, -0.2) is 46.9 Å². The van der Waals surface area contributed by atoms with Crippen LogP contribution in [0.2, 0.25) is 0 Å². The van der Waals surface area contributed by atoms with Crippen molar-refractivity contribution in [1.82, 2.24) is 20.6 Å². The summed E-state index contributed by atoms with van der Waals surface area (Å²) in [6, 6.07) is 7.50. The number of nitrogens with zero attached hydrogens (tertiary/aromatic N) is 2. The van der Waals surface area contributed by atoms with Crippen molar-refractivity contribution in [2.75, 3.05) is 34.4 Å². The molecule has 0 atom stereocenters. The van der Waals surface area contributed by atoms with Crippen molar-refractivity contribution >= 4 is 84.1 Å². The van der Waals surface area contributed by atoms with Crippen molar-refractivity contribution in [1.29, 1.82) is 0 Å². The van der Waals surface area contributed by atoms with E-state index in [0.29, 0.717) is 50.4 Å². The Morgan fingerprint density at radius 1 is 0.685 bits per heavy atom. The van der Waals surface area contributed by atoms with Crippen LogP contribution in [0.15, 0.2) is 28.7 Å². The monoisotopic (exact) mass is 840 g/mol. The first-order valence-corrected chi connectivity index (χ1v) is 20.5. The minimum Gasteiger partial charge on any atom is -0.338 e. The minimum absolute atomic E-state index is 0.207. The lowest BCUT2D eigenvalue weighted by Crippen LogP contribution is -2.29. The van der Waals surface area contributed by atoms with Gasteiger partial charge in [0.05, 0.1) is 17.1 Å². The molecule has 0 saturated heterocycles. The summed E-state index contributed by atoms with van der Waals surface area (Å²) < 4.78 is 0.833. The number of carbonyl (C=O) groups is 4. The lowest BCUT2D eigenvalue weighted by molar-refractivity contribution is 0.102. The maximum absolute atomic E-state index is 12.9. The predicted molar refractivity (Wildman–Crippen MR) is 227 cm³/mol. The summed E-state index contributed by atoms with van der Waals surface area (Å²) in [6.07, 6.45) is 3.86. The van der Waals surface area contributed by atoms with E-state index >= 15 is 0 Å². The Labute approximate surface area is 335 Å². The molecule has 12 nitrogen and oxygen atoms in total. The number of carbonyl (C=O) groups excluding carboxylic acids is 4. The van der Waals surface area contributed by atoms with Gasteiger partial charge < -0.3 is 21.3 Å². The first kappa shape index (κ1) is 44.1. The highest BCUT2D eigenvalue weighted by molar-refractivity contribution is 9.10. The van der Waals surface area contributed by atoms with Gasteiger partial charge in [0.1, 0.15) is 9.75 Å².